The molecule has 0 unspecified atom stereocenters. The standard InChI is InChI=1S/C12H15N5O/c1-2-9-3-5-10(6-4-9)15-11(18)7-17-8-14-12(13)16-17/h3-6,8H,2,7H2,1H3,(H2,13,16)(H,15,18). The van der Waals surface area contributed by atoms with Gasteiger partial charge in [0.2, 0.25) is 11.9 Å². The van der Waals surface area contributed by atoms with Crippen molar-refractivity contribution in [3.8, 4) is 0 Å². The fraction of sp³-hybridized carbons (Fsp3) is 0.250. The Kier molecular flexibility index (Phi) is 3.57. The second kappa shape index (κ2) is 5.31. The SMILES string of the molecule is CCc1ccc(NC(=O)Cn2cnc(N)n2)cc1. The molecule has 1 heterocycles. The first kappa shape index (κ1) is 12.1. The second-order valence-corrected chi connectivity index (χ2v) is 3.90. The highest BCUT2D eigenvalue weighted by Gasteiger charge is 2.05. The molecule has 0 aliphatic carbocycles. The number of carbonyl (C=O) groups excluding carboxylic acids is 1. The maximum Gasteiger partial charge on any atom is 0.246 e. The van der Waals surface area contributed by atoms with Crippen molar-refractivity contribution in [2.45, 2.75) is 19.9 Å². The Morgan fingerprint density at radius 2 is 2.11 bits per heavy atom. The van der Waals surface area contributed by atoms with Crippen LogP contribution in [0.3, 0.4) is 0 Å². The molecular formula is C12H15N5O. The Hall–Kier alpha value is -2.37. The predicted molar refractivity (Wildman–Crippen MR) is 68.9 cm³/mol. The number of nitrogen functional groups attached to an aromatic ring is 1. The van der Waals surface area contributed by atoms with Crippen molar-refractivity contribution in [1.82, 2.24) is 14.8 Å². The summed E-state index contributed by atoms with van der Waals surface area (Å²) in [5.41, 5.74) is 7.37. The molecule has 0 radical (unpaired) electrons. The van der Waals surface area contributed by atoms with Gasteiger partial charge in [0, 0.05) is 5.69 Å². The van der Waals surface area contributed by atoms with Crippen molar-refractivity contribution in [2.24, 2.45) is 0 Å². The van der Waals surface area contributed by atoms with E-state index >= 15 is 0 Å². The molecule has 6 nitrogen and oxygen atoms in total. The molecule has 0 saturated carbocycles. The Bertz CT molecular complexity index is 532. The summed E-state index contributed by atoms with van der Waals surface area (Å²) < 4.78 is 1.39. The fourth-order valence-electron chi connectivity index (χ4n) is 1.56. The smallest absolute Gasteiger partial charge is 0.246 e. The number of nitrogens with zero attached hydrogens (tertiary/aromatic N) is 3. The maximum absolute atomic E-state index is 11.7. The van der Waals surface area contributed by atoms with Crippen LogP contribution in [0.15, 0.2) is 30.6 Å². The minimum atomic E-state index is -0.163. The number of hydrogen-bond acceptors (Lipinski definition) is 4. The number of nitrogens with two attached hydrogens (primary N) is 1. The Balaban J connectivity index is 1.94. The summed E-state index contributed by atoms with van der Waals surface area (Å²) in [6.45, 7) is 2.18. The molecule has 18 heavy (non-hydrogen) atoms. The van der Waals surface area contributed by atoms with Crippen LogP contribution in [0.4, 0.5) is 11.6 Å². The minimum Gasteiger partial charge on any atom is -0.367 e. The van der Waals surface area contributed by atoms with Crippen LogP contribution in [0.1, 0.15) is 12.5 Å². The van der Waals surface area contributed by atoms with E-state index in [2.05, 4.69) is 22.3 Å². The van der Waals surface area contributed by atoms with Gasteiger partial charge in [0.1, 0.15) is 12.9 Å². The topological polar surface area (TPSA) is 85.8 Å². The molecule has 6 heteroatoms. The normalized spacial score (nSPS) is 10.3. The average Bonchev–Trinajstić information content (AvgIpc) is 2.75. The molecule has 0 aliphatic rings. The van der Waals surface area contributed by atoms with Gasteiger partial charge in [-0.1, -0.05) is 19.1 Å². The molecule has 0 fully saturated rings. The number of rotatable bonds is 4. The Morgan fingerprint density at radius 3 is 2.67 bits per heavy atom. The molecule has 1 amide bonds. The number of benzene rings is 1. The fourth-order valence-corrected chi connectivity index (χ4v) is 1.56. The van der Waals surface area contributed by atoms with Gasteiger partial charge in [0.05, 0.1) is 0 Å². The van der Waals surface area contributed by atoms with E-state index < -0.39 is 0 Å². The lowest BCUT2D eigenvalue weighted by molar-refractivity contribution is -0.116. The quantitative estimate of drug-likeness (QED) is 0.843. The second-order valence-electron chi connectivity index (χ2n) is 3.90. The van der Waals surface area contributed by atoms with Crippen molar-refractivity contribution >= 4 is 17.5 Å². The van der Waals surface area contributed by atoms with Crippen LogP contribution >= 0.6 is 0 Å². The third kappa shape index (κ3) is 3.07. The predicted octanol–water partition coefficient (Wildman–Crippen LogP) is 1.06. The third-order valence-electron chi connectivity index (χ3n) is 2.51. The van der Waals surface area contributed by atoms with Gasteiger partial charge in [-0.05, 0) is 24.1 Å². The molecular weight excluding hydrogens is 230 g/mol. The summed E-state index contributed by atoms with van der Waals surface area (Å²) in [7, 11) is 0. The number of aryl methyl sites for hydroxylation is 1. The highest BCUT2D eigenvalue weighted by Crippen LogP contribution is 2.09. The number of aromatic nitrogens is 3. The summed E-state index contributed by atoms with van der Waals surface area (Å²) in [6, 6.07) is 7.74. The minimum absolute atomic E-state index is 0.0970. The zero-order valence-corrected chi connectivity index (χ0v) is 10.1. The van der Waals surface area contributed by atoms with Crippen LogP contribution in [0.25, 0.3) is 0 Å². The zero-order chi connectivity index (χ0) is 13.0. The van der Waals surface area contributed by atoms with Crippen molar-refractivity contribution in [2.75, 3.05) is 11.1 Å². The van der Waals surface area contributed by atoms with E-state index in [1.54, 1.807) is 0 Å². The molecule has 0 atom stereocenters. The molecule has 94 valence electrons. The molecule has 0 bridgehead atoms. The molecule has 2 rings (SSSR count). The van der Waals surface area contributed by atoms with Gasteiger partial charge in [0.25, 0.3) is 0 Å². The van der Waals surface area contributed by atoms with Gasteiger partial charge in [-0.3, -0.25) is 4.79 Å². The van der Waals surface area contributed by atoms with Gasteiger partial charge < -0.3 is 11.1 Å². The van der Waals surface area contributed by atoms with E-state index in [1.807, 2.05) is 24.3 Å². The van der Waals surface area contributed by atoms with E-state index in [1.165, 1.54) is 16.6 Å². The molecule has 1 aromatic carbocycles. The van der Waals surface area contributed by atoms with Crippen LogP contribution in [-0.2, 0) is 17.8 Å². The number of amides is 1. The molecule has 2 aromatic rings. The molecule has 1 aromatic heterocycles. The van der Waals surface area contributed by atoms with Gasteiger partial charge in [-0.25, -0.2) is 9.67 Å². The summed E-state index contributed by atoms with van der Waals surface area (Å²) in [6.07, 6.45) is 2.40. The monoisotopic (exact) mass is 245 g/mol. The Morgan fingerprint density at radius 1 is 1.39 bits per heavy atom. The van der Waals surface area contributed by atoms with Gasteiger partial charge in [-0.15, -0.1) is 5.10 Å². The molecule has 0 spiro atoms. The van der Waals surface area contributed by atoms with Crippen LogP contribution in [0.5, 0.6) is 0 Å². The van der Waals surface area contributed by atoms with Crippen LogP contribution in [-0.4, -0.2) is 20.7 Å². The van der Waals surface area contributed by atoms with Crippen molar-refractivity contribution in [3.05, 3.63) is 36.2 Å². The van der Waals surface area contributed by atoms with Crippen molar-refractivity contribution in [3.63, 3.8) is 0 Å². The first-order valence-electron chi connectivity index (χ1n) is 5.71. The number of hydrogen-bond donors (Lipinski definition) is 2. The summed E-state index contributed by atoms with van der Waals surface area (Å²) in [4.78, 5) is 15.5. The van der Waals surface area contributed by atoms with Crippen LogP contribution in [0, 0.1) is 0 Å². The van der Waals surface area contributed by atoms with Crippen molar-refractivity contribution < 1.29 is 4.79 Å². The van der Waals surface area contributed by atoms with E-state index in [0.717, 1.165) is 12.1 Å². The van der Waals surface area contributed by atoms with Gasteiger partial charge in [0.15, 0.2) is 0 Å². The number of nitrogens with one attached hydrogen (secondary N) is 1. The van der Waals surface area contributed by atoms with Crippen LogP contribution < -0.4 is 11.1 Å². The first-order valence-corrected chi connectivity index (χ1v) is 5.71. The molecule has 0 saturated heterocycles. The molecule has 3 N–H and O–H groups in total. The lowest BCUT2D eigenvalue weighted by Gasteiger charge is -2.05. The molecule has 0 aliphatic heterocycles. The first-order chi connectivity index (χ1) is 8.67. The summed E-state index contributed by atoms with van der Waals surface area (Å²) in [5.74, 6) is -0.000697. The Labute approximate surface area is 105 Å². The van der Waals surface area contributed by atoms with Gasteiger partial charge in [-0.2, -0.15) is 0 Å². The lowest BCUT2D eigenvalue weighted by atomic mass is 10.1. The van der Waals surface area contributed by atoms with E-state index in [9.17, 15) is 4.79 Å². The lowest BCUT2D eigenvalue weighted by Crippen LogP contribution is -2.19. The summed E-state index contributed by atoms with van der Waals surface area (Å²) in [5, 5.41) is 6.62. The van der Waals surface area contributed by atoms with E-state index in [-0.39, 0.29) is 18.4 Å². The highest BCUT2D eigenvalue weighted by molar-refractivity contribution is 5.90. The van der Waals surface area contributed by atoms with Crippen LogP contribution in [0.2, 0.25) is 0 Å². The third-order valence-corrected chi connectivity index (χ3v) is 2.51. The maximum atomic E-state index is 11.7. The summed E-state index contributed by atoms with van der Waals surface area (Å²) >= 11 is 0. The highest BCUT2D eigenvalue weighted by atomic mass is 16.2. The number of anilines is 2. The van der Waals surface area contributed by atoms with E-state index in [4.69, 9.17) is 5.73 Å². The van der Waals surface area contributed by atoms with Crippen molar-refractivity contribution in [1.29, 1.82) is 0 Å². The average molecular weight is 245 g/mol. The van der Waals surface area contributed by atoms with Gasteiger partial charge >= 0.3 is 0 Å². The number of carbonyl (C=O) groups is 1. The largest absolute Gasteiger partial charge is 0.367 e. The zero-order valence-electron chi connectivity index (χ0n) is 10.1. The van der Waals surface area contributed by atoms with E-state index in [0.29, 0.717) is 0 Å².